The summed E-state index contributed by atoms with van der Waals surface area (Å²) in [6, 6.07) is 16.1. The Morgan fingerprint density at radius 3 is 2.07 bits per heavy atom. The molecule has 4 unspecified atom stereocenters. The minimum absolute atomic E-state index is 0.190. The molecule has 5 nitrogen and oxygen atoms in total. The highest BCUT2D eigenvalue weighted by molar-refractivity contribution is 5.90. The molecule has 7 heteroatoms. The Balaban J connectivity index is 1.69. The summed E-state index contributed by atoms with van der Waals surface area (Å²) in [5.41, 5.74) is -2.10. The first-order chi connectivity index (χ1) is 12.9. The molecule has 0 aromatic heterocycles. The van der Waals surface area contributed by atoms with Gasteiger partial charge in [0, 0.05) is 0 Å². The first kappa shape index (κ1) is 19.0. The molecule has 0 aliphatic carbocycles. The van der Waals surface area contributed by atoms with E-state index in [2.05, 4.69) is 0 Å². The molecule has 27 heavy (non-hydrogen) atoms. The summed E-state index contributed by atoms with van der Waals surface area (Å²) in [5.74, 6) is -1.49. The Kier molecular flexibility index (Phi) is 5.51. The Morgan fingerprint density at radius 2 is 1.52 bits per heavy atom. The molecule has 0 amide bonds. The van der Waals surface area contributed by atoms with Crippen LogP contribution in [0, 0.1) is 0 Å². The monoisotopic (exact) mass is 376 g/mol. The Labute approximate surface area is 154 Å². The highest BCUT2D eigenvalue weighted by Crippen LogP contribution is 2.38. The number of benzene rings is 2. The van der Waals surface area contributed by atoms with Gasteiger partial charge in [0.25, 0.3) is 0 Å². The normalized spacial score (nSPS) is 27.1. The average molecular weight is 376 g/mol. The molecule has 2 aromatic rings. The molecule has 0 spiro atoms. The first-order valence-electron chi connectivity index (χ1n) is 8.36. The molecule has 0 bridgehead atoms. The van der Waals surface area contributed by atoms with E-state index in [1.165, 1.54) is 12.1 Å². The molecule has 1 aliphatic rings. The molecule has 142 valence electrons. The lowest BCUT2D eigenvalue weighted by Gasteiger charge is -2.25. The van der Waals surface area contributed by atoms with Crippen molar-refractivity contribution in [3.8, 4) is 0 Å². The fourth-order valence-corrected chi connectivity index (χ4v) is 2.74. The van der Waals surface area contributed by atoms with Crippen molar-refractivity contribution in [2.75, 3.05) is 6.61 Å². The maximum atomic E-state index is 14.7. The third-order valence-electron chi connectivity index (χ3n) is 4.26. The van der Waals surface area contributed by atoms with Crippen LogP contribution in [0.25, 0.3) is 0 Å². The molecule has 2 aromatic carbocycles. The smallest absolute Gasteiger partial charge is 0.338 e. The predicted molar refractivity (Wildman–Crippen MR) is 91.7 cm³/mol. The molecule has 1 aliphatic heterocycles. The number of esters is 2. The van der Waals surface area contributed by atoms with Gasteiger partial charge in [-0.2, -0.15) is 0 Å². The zero-order chi connectivity index (χ0) is 19.4. The summed E-state index contributed by atoms with van der Waals surface area (Å²) in [6.07, 6.45) is -5.15. The molecule has 0 N–H and O–H groups in total. The van der Waals surface area contributed by atoms with E-state index < -0.39 is 42.8 Å². The van der Waals surface area contributed by atoms with E-state index in [1.54, 1.807) is 48.5 Å². The van der Waals surface area contributed by atoms with E-state index in [1.807, 2.05) is 0 Å². The number of hydrogen-bond acceptors (Lipinski definition) is 5. The van der Waals surface area contributed by atoms with Crippen molar-refractivity contribution in [2.24, 2.45) is 0 Å². The van der Waals surface area contributed by atoms with Crippen molar-refractivity contribution >= 4 is 11.9 Å². The minimum atomic E-state index is -2.58. The second-order valence-electron chi connectivity index (χ2n) is 6.30. The van der Waals surface area contributed by atoms with E-state index in [4.69, 9.17) is 14.2 Å². The number of rotatable bonds is 5. The molecule has 1 fully saturated rings. The second-order valence-corrected chi connectivity index (χ2v) is 6.30. The molecule has 0 saturated carbocycles. The molecular formula is C20H18F2O5. The second kappa shape index (κ2) is 7.84. The van der Waals surface area contributed by atoms with Crippen LogP contribution in [0.15, 0.2) is 60.7 Å². The highest BCUT2D eigenvalue weighted by Gasteiger charge is 2.58. The van der Waals surface area contributed by atoms with Gasteiger partial charge in [-0.05, 0) is 31.2 Å². The van der Waals surface area contributed by atoms with Gasteiger partial charge >= 0.3 is 11.9 Å². The standard InChI is InChI=1S/C20H18F2O5/c1-20(22)16(27-18(24)14-10-6-3-7-11-14)15(26-19(20)21)12-25-17(23)13-8-4-2-5-9-13/h2-11,15-16,19H,12H2,1H3. The van der Waals surface area contributed by atoms with Crippen molar-refractivity contribution in [1.82, 2.24) is 0 Å². The third kappa shape index (κ3) is 4.14. The van der Waals surface area contributed by atoms with Crippen molar-refractivity contribution in [3.05, 3.63) is 71.8 Å². The van der Waals surface area contributed by atoms with Crippen molar-refractivity contribution in [2.45, 2.75) is 31.2 Å². The van der Waals surface area contributed by atoms with Crippen molar-refractivity contribution < 1.29 is 32.6 Å². The summed E-state index contributed by atoms with van der Waals surface area (Å²) < 4.78 is 43.9. The summed E-state index contributed by atoms with van der Waals surface area (Å²) in [7, 11) is 0. The molecule has 4 atom stereocenters. The van der Waals surface area contributed by atoms with Crippen LogP contribution in [0.4, 0.5) is 8.78 Å². The van der Waals surface area contributed by atoms with Gasteiger partial charge in [0.15, 0.2) is 6.10 Å². The van der Waals surface area contributed by atoms with Gasteiger partial charge in [0.1, 0.15) is 12.7 Å². The molecule has 1 heterocycles. The number of carbonyl (C=O) groups is 2. The lowest BCUT2D eigenvalue weighted by molar-refractivity contribution is -0.0924. The number of carbonyl (C=O) groups excluding carboxylic acids is 2. The number of halogens is 2. The zero-order valence-corrected chi connectivity index (χ0v) is 14.5. The summed E-state index contributed by atoms with van der Waals surface area (Å²) >= 11 is 0. The summed E-state index contributed by atoms with van der Waals surface area (Å²) in [5, 5.41) is 0. The van der Waals surface area contributed by atoms with Crippen LogP contribution in [-0.2, 0) is 14.2 Å². The quantitative estimate of drug-likeness (QED) is 0.748. The average Bonchev–Trinajstić information content (AvgIpc) is 2.90. The number of alkyl halides is 2. The maximum Gasteiger partial charge on any atom is 0.338 e. The van der Waals surface area contributed by atoms with Crippen molar-refractivity contribution in [1.29, 1.82) is 0 Å². The molecule has 1 saturated heterocycles. The zero-order valence-electron chi connectivity index (χ0n) is 14.5. The Morgan fingerprint density at radius 1 is 1.00 bits per heavy atom. The van der Waals surface area contributed by atoms with E-state index in [0.717, 1.165) is 6.92 Å². The minimum Gasteiger partial charge on any atom is -0.459 e. The van der Waals surface area contributed by atoms with Gasteiger partial charge < -0.3 is 14.2 Å². The van der Waals surface area contributed by atoms with Gasteiger partial charge in [-0.15, -0.1) is 0 Å². The summed E-state index contributed by atoms with van der Waals surface area (Å²) in [4.78, 5) is 24.2. The summed E-state index contributed by atoms with van der Waals surface area (Å²) in [6.45, 7) is 0.486. The van der Waals surface area contributed by atoms with E-state index in [9.17, 15) is 18.4 Å². The lowest BCUT2D eigenvalue weighted by Crippen LogP contribution is -2.44. The highest BCUT2D eigenvalue weighted by atomic mass is 19.2. The van der Waals surface area contributed by atoms with E-state index >= 15 is 0 Å². The third-order valence-corrected chi connectivity index (χ3v) is 4.26. The largest absolute Gasteiger partial charge is 0.459 e. The topological polar surface area (TPSA) is 61.8 Å². The van der Waals surface area contributed by atoms with Crippen LogP contribution in [0.5, 0.6) is 0 Å². The maximum absolute atomic E-state index is 14.7. The first-order valence-corrected chi connectivity index (χ1v) is 8.36. The van der Waals surface area contributed by atoms with Gasteiger partial charge in [0.2, 0.25) is 12.0 Å². The Hall–Kier alpha value is -2.80. The predicted octanol–water partition coefficient (Wildman–Crippen LogP) is 3.49. The van der Waals surface area contributed by atoms with Crippen LogP contribution in [-0.4, -0.2) is 42.8 Å². The van der Waals surface area contributed by atoms with Gasteiger partial charge in [-0.25, -0.2) is 18.4 Å². The SMILES string of the molecule is CC1(F)C(F)OC(COC(=O)c2ccccc2)C1OC(=O)c1ccccc1. The fourth-order valence-electron chi connectivity index (χ4n) is 2.74. The van der Waals surface area contributed by atoms with Crippen LogP contribution in [0.2, 0.25) is 0 Å². The molecule has 0 radical (unpaired) electrons. The van der Waals surface area contributed by atoms with E-state index in [0.29, 0.717) is 0 Å². The van der Waals surface area contributed by atoms with Crippen LogP contribution < -0.4 is 0 Å². The van der Waals surface area contributed by atoms with Gasteiger partial charge in [-0.1, -0.05) is 36.4 Å². The lowest BCUT2D eigenvalue weighted by atomic mass is 10.00. The fraction of sp³-hybridized carbons (Fsp3) is 0.300. The van der Waals surface area contributed by atoms with Crippen molar-refractivity contribution in [3.63, 3.8) is 0 Å². The van der Waals surface area contributed by atoms with Crippen LogP contribution in [0.1, 0.15) is 27.6 Å². The van der Waals surface area contributed by atoms with Crippen LogP contribution >= 0.6 is 0 Å². The Bertz CT molecular complexity index is 795. The number of ether oxygens (including phenoxy) is 3. The number of hydrogen-bond donors (Lipinski definition) is 0. The van der Waals surface area contributed by atoms with Crippen LogP contribution in [0.3, 0.4) is 0 Å². The van der Waals surface area contributed by atoms with Gasteiger partial charge in [-0.3, -0.25) is 0 Å². The molecular weight excluding hydrogens is 358 g/mol. The van der Waals surface area contributed by atoms with E-state index in [-0.39, 0.29) is 11.1 Å². The molecule has 3 rings (SSSR count). The van der Waals surface area contributed by atoms with Gasteiger partial charge in [0.05, 0.1) is 11.1 Å².